The lowest BCUT2D eigenvalue weighted by Crippen LogP contribution is -2.31. The molecule has 12 nitrogen and oxygen atoms in total. The summed E-state index contributed by atoms with van der Waals surface area (Å²) < 4.78 is 28.8. The van der Waals surface area contributed by atoms with Gasteiger partial charge >= 0.3 is 0 Å². The predicted octanol–water partition coefficient (Wildman–Crippen LogP) is -0.964. The fourth-order valence-corrected chi connectivity index (χ4v) is 2.42. The van der Waals surface area contributed by atoms with Crippen LogP contribution in [0.2, 0.25) is 0 Å². The smallest absolute Gasteiger partial charge is 0.198 e. The first-order valence-electron chi connectivity index (χ1n) is 9.53. The molecule has 0 aliphatic carbocycles. The number of fused-ring (bicyclic) bond motifs is 1. The molecule has 0 aromatic carbocycles. The summed E-state index contributed by atoms with van der Waals surface area (Å²) in [4.78, 5) is 8.51. The molecule has 0 spiro atoms. The van der Waals surface area contributed by atoms with E-state index in [0.29, 0.717) is 57.8 Å². The molecule has 12 heteroatoms. The third kappa shape index (κ3) is 7.85. The zero-order valence-corrected chi connectivity index (χ0v) is 16.7. The van der Waals surface area contributed by atoms with E-state index in [0.717, 1.165) is 0 Å². The molecular weight excluding hydrogens is 386 g/mol. The third-order valence-electron chi connectivity index (χ3n) is 3.91. The van der Waals surface area contributed by atoms with E-state index >= 15 is 0 Å². The van der Waals surface area contributed by atoms with Crippen molar-refractivity contribution in [2.45, 2.75) is 26.0 Å². The van der Waals surface area contributed by atoms with Crippen molar-refractivity contribution >= 4 is 11.8 Å². The summed E-state index contributed by atoms with van der Waals surface area (Å²) in [5.74, 6) is 0.773. The Hall–Kier alpha value is -1.80. The van der Waals surface area contributed by atoms with E-state index in [2.05, 4.69) is 15.3 Å². The van der Waals surface area contributed by atoms with Gasteiger partial charge in [-0.2, -0.15) is 0 Å². The standard InChI is InChI=1S/C17H31N5O7/c1-2-25-3-4-26-5-6-27-7-8-28-16-14-15(20-17(18)21-16)22(11-19-14)12-29-13(9-23)10-24/h11,13,16,23-24H,2-10,12H2,1H3,(H3,18,20,21). The van der Waals surface area contributed by atoms with E-state index in [9.17, 15) is 0 Å². The van der Waals surface area contributed by atoms with Crippen LogP contribution in [0.5, 0.6) is 0 Å². The number of aliphatic imine (C=N–C) groups is 1. The number of nitrogens with one attached hydrogen (secondary N) is 1. The Morgan fingerprint density at radius 3 is 2.41 bits per heavy atom. The van der Waals surface area contributed by atoms with Crippen molar-refractivity contribution in [3.8, 4) is 0 Å². The molecule has 1 aliphatic rings. The lowest BCUT2D eigenvalue weighted by Gasteiger charge is -2.22. The average Bonchev–Trinajstić information content (AvgIpc) is 3.13. The molecule has 166 valence electrons. The summed E-state index contributed by atoms with van der Waals surface area (Å²) in [5.41, 5.74) is 6.40. The van der Waals surface area contributed by atoms with Crippen molar-refractivity contribution in [1.29, 1.82) is 0 Å². The van der Waals surface area contributed by atoms with E-state index in [-0.39, 0.29) is 25.9 Å². The van der Waals surface area contributed by atoms with Crippen LogP contribution in [0.25, 0.3) is 0 Å². The van der Waals surface area contributed by atoms with Gasteiger partial charge in [0.2, 0.25) is 0 Å². The second-order valence-electron chi connectivity index (χ2n) is 6.02. The summed E-state index contributed by atoms with van der Waals surface area (Å²) in [7, 11) is 0. The van der Waals surface area contributed by atoms with Crippen LogP contribution < -0.4 is 11.1 Å². The quantitative estimate of drug-likeness (QED) is 0.247. The SMILES string of the molecule is CCOCCOCCOCCOC1N=C(N)Nc2c1ncn2COC(CO)CO. The van der Waals surface area contributed by atoms with Crippen LogP contribution >= 0.6 is 0 Å². The van der Waals surface area contributed by atoms with Crippen LogP contribution in [0.4, 0.5) is 5.82 Å². The zero-order chi connectivity index (χ0) is 20.9. The number of hydrogen-bond donors (Lipinski definition) is 4. The fourth-order valence-electron chi connectivity index (χ4n) is 2.42. The molecule has 1 atom stereocenters. The van der Waals surface area contributed by atoms with Crippen LogP contribution in [-0.2, 0) is 30.4 Å². The molecule has 0 bridgehead atoms. The van der Waals surface area contributed by atoms with Gasteiger partial charge in [0.05, 0.1) is 59.2 Å². The summed E-state index contributed by atoms with van der Waals surface area (Å²) in [6, 6.07) is 0. The van der Waals surface area contributed by atoms with Crippen LogP contribution in [0.1, 0.15) is 18.8 Å². The third-order valence-corrected chi connectivity index (χ3v) is 3.91. The van der Waals surface area contributed by atoms with E-state index in [1.54, 1.807) is 10.9 Å². The average molecular weight is 417 g/mol. The largest absolute Gasteiger partial charge is 0.394 e. The van der Waals surface area contributed by atoms with Gasteiger partial charge in [-0.1, -0.05) is 0 Å². The minimum Gasteiger partial charge on any atom is -0.394 e. The summed E-state index contributed by atoms with van der Waals surface area (Å²) in [5, 5.41) is 21.1. The number of guanidine groups is 1. The second-order valence-corrected chi connectivity index (χ2v) is 6.02. The zero-order valence-electron chi connectivity index (χ0n) is 16.7. The van der Waals surface area contributed by atoms with Crippen molar-refractivity contribution in [3.05, 3.63) is 12.0 Å². The van der Waals surface area contributed by atoms with Crippen LogP contribution in [-0.4, -0.2) is 91.3 Å². The number of aliphatic hydroxyl groups is 2. The Morgan fingerprint density at radius 1 is 1.10 bits per heavy atom. The monoisotopic (exact) mass is 417 g/mol. The van der Waals surface area contributed by atoms with Crippen molar-refractivity contribution in [1.82, 2.24) is 9.55 Å². The predicted molar refractivity (Wildman–Crippen MR) is 103 cm³/mol. The van der Waals surface area contributed by atoms with Gasteiger partial charge in [0.15, 0.2) is 12.2 Å². The van der Waals surface area contributed by atoms with E-state index in [1.165, 1.54) is 0 Å². The number of anilines is 1. The molecule has 0 radical (unpaired) electrons. The Labute approximate surface area is 169 Å². The number of rotatable bonds is 16. The highest BCUT2D eigenvalue weighted by molar-refractivity contribution is 5.93. The molecular formula is C17H31N5O7. The Bertz CT molecular complexity index is 609. The van der Waals surface area contributed by atoms with Crippen LogP contribution in [0.3, 0.4) is 0 Å². The number of nitrogens with zero attached hydrogens (tertiary/aromatic N) is 3. The maximum absolute atomic E-state index is 9.09. The van der Waals surface area contributed by atoms with Gasteiger partial charge in [0.25, 0.3) is 0 Å². The first kappa shape index (κ1) is 23.5. The molecule has 0 saturated carbocycles. The number of imidazole rings is 1. The second kappa shape index (κ2) is 13.4. The van der Waals surface area contributed by atoms with Gasteiger partial charge in [0.1, 0.15) is 24.3 Å². The summed E-state index contributed by atoms with van der Waals surface area (Å²) in [6.07, 6.45) is 0.212. The molecule has 5 N–H and O–H groups in total. The molecule has 1 aromatic heterocycles. The molecule has 1 aromatic rings. The van der Waals surface area contributed by atoms with E-state index < -0.39 is 12.3 Å². The molecule has 1 aliphatic heterocycles. The van der Waals surface area contributed by atoms with Crippen molar-refractivity contribution in [3.63, 3.8) is 0 Å². The van der Waals surface area contributed by atoms with E-state index in [4.69, 9.17) is 39.6 Å². The molecule has 2 rings (SSSR count). The molecule has 29 heavy (non-hydrogen) atoms. The van der Waals surface area contributed by atoms with Gasteiger partial charge in [-0.25, -0.2) is 9.98 Å². The van der Waals surface area contributed by atoms with Crippen molar-refractivity contribution in [2.24, 2.45) is 10.7 Å². The maximum atomic E-state index is 9.09. The highest BCUT2D eigenvalue weighted by atomic mass is 16.6. The first-order chi connectivity index (χ1) is 14.2. The molecule has 2 heterocycles. The van der Waals surface area contributed by atoms with Crippen molar-refractivity contribution < 1.29 is 33.9 Å². The molecule has 0 fully saturated rings. The first-order valence-corrected chi connectivity index (χ1v) is 9.53. The van der Waals surface area contributed by atoms with Crippen LogP contribution in [0, 0.1) is 0 Å². The number of nitrogens with two attached hydrogens (primary N) is 1. The highest BCUT2D eigenvalue weighted by Crippen LogP contribution is 2.29. The van der Waals surface area contributed by atoms with Gasteiger partial charge in [-0.05, 0) is 6.92 Å². The maximum Gasteiger partial charge on any atom is 0.198 e. The van der Waals surface area contributed by atoms with E-state index in [1.807, 2.05) is 6.92 Å². The number of ether oxygens (including phenoxy) is 5. The number of aliphatic hydroxyl groups excluding tert-OH is 2. The van der Waals surface area contributed by atoms with Gasteiger partial charge in [0, 0.05) is 6.61 Å². The fraction of sp³-hybridized carbons (Fsp3) is 0.765. The Balaban J connectivity index is 1.72. The minimum atomic E-state index is -0.671. The highest BCUT2D eigenvalue weighted by Gasteiger charge is 2.26. The topological polar surface area (TPSA) is 155 Å². The molecule has 0 amide bonds. The van der Waals surface area contributed by atoms with Gasteiger partial charge in [-0.3, -0.25) is 4.57 Å². The summed E-state index contributed by atoms with van der Waals surface area (Å²) in [6.45, 7) is 4.88. The van der Waals surface area contributed by atoms with Gasteiger partial charge in [-0.15, -0.1) is 0 Å². The normalized spacial score (nSPS) is 16.0. The minimum absolute atomic E-state index is 0.0769. The Kier molecular flexibility index (Phi) is 10.9. The van der Waals surface area contributed by atoms with Crippen LogP contribution in [0.15, 0.2) is 11.3 Å². The molecule has 1 unspecified atom stereocenters. The van der Waals surface area contributed by atoms with Crippen molar-refractivity contribution in [2.75, 3.05) is 64.8 Å². The lowest BCUT2D eigenvalue weighted by molar-refractivity contribution is -0.0494. The number of hydrogen-bond acceptors (Lipinski definition) is 11. The number of aromatic nitrogens is 2. The Morgan fingerprint density at radius 2 is 1.76 bits per heavy atom. The molecule has 0 saturated heterocycles. The van der Waals surface area contributed by atoms with Gasteiger partial charge < -0.3 is 44.9 Å². The lowest BCUT2D eigenvalue weighted by atomic mass is 10.3. The summed E-state index contributed by atoms with van der Waals surface area (Å²) >= 11 is 0.